The van der Waals surface area contributed by atoms with Crippen LogP contribution in [0, 0.1) is 17.7 Å². The predicted molar refractivity (Wildman–Crippen MR) is 124 cm³/mol. The van der Waals surface area contributed by atoms with Gasteiger partial charge in [-0.1, -0.05) is 43.3 Å². The average molecular weight is 461 g/mol. The summed E-state index contributed by atoms with van der Waals surface area (Å²) in [6, 6.07) is 15.4. The van der Waals surface area contributed by atoms with Crippen molar-refractivity contribution in [1.82, 2.24) is 4.98 Å². The summed E-state index contributed by atoms with van der Waals surface area (Å²) in [7, 11) is 1.50. The van der Waals surface area contributed by atoms with E-state index in [0.717, 1.165) is 59.9 Å². The third-order valence-corrected chi connectivity index (χ3v) is 7.09. The number of pyridine rings is 1. The quantitative estimate of drug-likeness (QED) is 0.504. The molecule has 6 heteroatoms. The fourth-order valence-corrected chi connectivity index (χ4v) is 5.03. The van der Waals surface area contributed by atoms with Crippen LogP contribution in [0.15, 0.2) is 54.7 Å². The van der Waals surface area contributed by atoms with Gasteiger partial charge < -0.3 is 19.4 Å². The molecular weight excluding hydrogens is 433 g/mol. The zero-order valence-electron chi connectivity index (χ0n) is 19.3. The number of carboxylic acid groups (broad SMARTS) is 1. The minimum Gasteiger partial charge on any atom is -0.550 e. The van der Waals surface area contributed by atoms with Gasteiger partial charge in [0.05, 0.1) is 13.3 Å². The summed E-state index contributed by atoms with van der Waals surface area (Å²) in [5.74, 6) is -0.419. The van der Waals surface area contributed by atoms with E-state index in [-0.39, 0.29) is 12.0 Å². The maximum Gasteiger partial charge on any atom is 0.213 e. The Bertz CT molecular complexity index is 1210. The van der Waals surface area contributed by atoms with E-state index in [1.54, 1.807) is 13.0 Å². The van der Waals surface area contributed by atoms with Gasteiger partial charge in [-0.3, -0.25) is 0 Å². The second-order valence-corrected chi connectivity index (χ2v) is 9.31. The van der Waals surface area contributed by atoms with Gasteiger partial charge in [-0.2, -0.15) is 0 Å². The largest absolute Gasteiger partial charge is 0.550 e. The van der Waals surface area contributed by atoms with Crippen LogP contribution in [0.25, 0.3) is 11.1 Å². The number of aliphatic carboxylic acids is 1. The van der Waals surface area contributed by atoms with Crippen molar-refractivity contribution < 1.29 is 23.8 Å². The molecule has 1 aromatic heterocycles. The first kappa shape index (κ1) is 22.4. The molecule has 176 valence electrons. The SMILES string of the molecule is COc1cc(-c2ccc(C3CCc4ccc([C@H](C5CC5)[C@H](C)C(=O)[O-])cc4O3)cc2)c(F)cn1. The molecule has 1 fully saturated rings. The van der Waals surface area contributed by atoms with E-state index in [1.807, 2.05) is 30.3 Å². The smallest absolute Gasteiger partial charge is 0.213 e. The Morgan fingerprint density at radius 1 is 1.15 bits per heavy atom. The molecule has 5 nitrogen and oxygen atoms in total. The standard InChI is InChI=1S/C28H28FNO4/c1-16(28(31)32)27(20-8-9-20)21-10-7-19-11-12-24(34-25(19)13-21)18-5-3-17(4-6-18)22-14-26(33-2)30-15-23(22)29/h3-7,10,13-16,20,24,27H,8-9,11-12H2,1-2H3,(H,31,32)/p-1/t16-,24?,27-/m0/s1. The van der Waals surface area contributed by atoms with Gasteiger partial charge in [-0.25, -0.2) is 9.37 Å². The van der Waals surface area contributed by atoms with Crippen LogP contribution in [0.4, 0.5) is 4.39 Å². The minimum atomic E-state index is -1.00. The summed E-state index contributed by atoms with van der Waals surface area (Å²) < 4.78 is 25.8. The van der Waals surface area contributed by atoms with E-state index >= 15 is 0 Å². The molecule has 0 radical (unpaired) electrons. The second kappa shape index (κ2) is 9.09. The summed E-state index contributed by atoms with van der Waals surface area (Å²) in [5.41, 5.74) is 4.34. The Labute approximate surface area is 198 Å². The Kier molecular flexibility index (Phi) is 5.98. The average Bonchev–Trinajstić information content (AvgIpc) is 3.69. The molecule has 0 N–H and O–H groups in total. The number of rotatable bonds is 7. The van der Waals surface area contributed by atoms with Crippen LogP contribution in [0.3, 0.4) is 0 Å². The van der Waals surface area contributed by atoms with E-state index in [4.69, 9.17) is 9.47 Å². The molecular formula is C28H27FNO4-. The van der Waals surface area contributed by atoms with Crippen LogP contribution in [-0.4, -0.2) is 18.1 Å². The lowest BCUT2D eigenvalue weighted by atomic mass is 9.82. The van der Waals surface area contributed by atoms with Crippen molar-refractivity contribution in [3.05, 3.63) is 77.2 Å². The van der Waals surface area contributed by atoms with Crippen molar-refractivity contribution in [2.24, 2.45) is 11.8 Å². The summed E-state index contributed by atoms with van der Waals surface area (Å²) in [6.45, 7) is 1.74. The minimum absolute atomic E-state index is 0.0502. The highest BCUT2D eigenvalue weighted by molar-refractivity contribution is 5.69. The van der Waals surface area contributed by atoms with Gasteiger partial charge in [-0.05, 0) is 65.8 Å². The number of ether oxygens (including phenoxy) is 2. The first-order chi connectivity index (χ1) is 16.4. The van der Waals surface area contributed by atoms with Crippen molar-refractivity contribution >= 4 is 5.97 Å². The highest BCUT2D eigenvalue weighted by Gasteiger charge is 2.37. The highest BCUT2D eigenvalue weighted by Crippen LogP contribution is 2.48. The lowest BCUT2D eigenvalue weighted by Gasteiger charge is -2.30. The van der Waals surface area contributed by atoms with Gasteiger partial charge in [0, 0.05) is 23.5 Å². The highest BCUT2D eigenvalue weighted by atomic mass is 19.1. The Hall–Kier alpha value is -3.41. The molecule has 1 aliphatic heterocycles. The number of hydrogen-bond acceptors (Lipinski definition) is 5. The zero-order valence-corrected chi connectivity index (χ0v) is 19.3. The number of carboxylic acids is 1. The van der Waals surface area contributed by atoms with Crippen LogP contribution in [-0.2, 0) is 11.2 Å². The molecule has 3 aromatic rings. The van der Waals surface area contributed by atoms with Crippen molar-refractivity contribution in [3.63, 3.8) is 0 Å². The fraction of sp³-hybridized carbons (Fsp3) is 0.357. The van der Waals surface area contributed by atoms with E-state index < -0.39 is 17.7 Å². The third-order valence-electron chi connectivity index (χ3n) is 7.09. The number of fused-ring (bicyclic) bond motifs is 1. The van der Waals surface area contributed by atoms with Crippen LogP contribution in [0.5, 0.6) is 11.6 Å². The first-order valence-electron chi connectivity index (χ1n) is 11.7. The lowest BCUT2D eigenvalue weighted by molar-refractivity contribution is -0.311. The molecule has 5 rings (SSSR count). The second-order valence-electron chi connectivity index (χ2n) is 9.31. The number of halogens is 1. The first-order valence-corrected chi connectivity index (χ1v) is 11.7. The van der Waals surface area contributed by atoms with Gasteiger partial charge in [0.15, 0.2) is 0 Å². The van der Waals surface area contributed by atoms with E-state index in [0.29, 0.717) is 17.4 Å². The topological polar surface area (TPSA) is 71.5 Å². The number of hydrogen-bond donors (Lipinski definition) is 0. The summed E-state index contributed by atoms with van der Waals surface area (Å²) >= 11 is 0. The third kappa shape index (κ3) is 4.37. The zero-order chi connectivity index (χ0) is 23.8. The number of methoxy groups -OCH3 is 1. The molecule has 0 amide bonds. The Morgan fingerprint density at radius 2 is 1.91 bits per heavy atom. The normalized spacial score (nSPS) is 19.0. The molecule has 2 aromatic carbocycles. The monoisotopic (exact) mass is 460 g/mol. The Balaban J connectivity index is 1.37. The van der Waals surface area contributed by atoms with Gasteiger partial charge >= 0.3 is 0 Å². The number of nitrogens with zero attached hydrogens (tertiary/aromatic N) is 1. The maximum absolute atomic E-state index is 14.3. The summed E-state index contributed by atoms with van der Waals surface area (Å²) in [6.07, 6.45) is 4.87. The van der Waals surface area contributed by atoms with E-state index in [1.165, 1.54) is 7.11 Å². The summed E-state index contributed by atoms with van der Waals surface area (Å²) in [5, 5.41) is 11.6. The van der Waals surface area contributed by atoms with Gasteiger partial charge in [-0.15, -0.1) is 0 Å². The lowest BCUT2D eigenvalue weighted by Crippen LogP contribution is -2.34. The fourth-order valence-electron chi connectivity index (χ4n) is 5.03. The van der Waals surface area contributed by atoms with E-state index in [2.05, 4.69) is 17.1 Å². The van der Waals surface area contributed by atoms with Crippen LogP contribution < -0.4 is 14.6 Å². The molecule has 2 aliphatic rings. The van der Waals surface area contributed by atoms with Crippen molar-refractivity contribution in [2.45, 2.75) is 44.6 Å². The molecule has 0 spiro atoms. The molecule has 1 aliphatic carbocycles. The number of carbonyl (C=O) groups is 1. The van der Waals surface area contributed by atoms with Crippen LogP contribution in [0.2, 0.25) is 0 Å². The van der Waals surface area contributed by atoms with Crippen LogP contribution in [0.1, 0.15) is 54.9 Å². The van der Waals surface area contributed by atoms with Crippen LogP contribution >= 0.6 is 0 Å². The molecule has 3 atom stereocenters. The molecule has 0 bridgehead atoms. The number of aryl methyl sites for hydroxylation is 1. The number of carbonyl (C=O) groups excluding carboxylic acids is 1. The number of benzene rings is 2. The summed E-state index contributed by atoms with van der Waals surface area (Å²) in [4.78, 5) is 15.5. The maximum atomic E-state index is 14.3. The predicted octanol–water partition coefficient (Wildman–Crippen LogP) is 4.84. The Morgan fingerprint density at radius 3 is 2.59 bits per heavy atom. The molecule has 1 unspecified atom stereocenters. The number of aromatic nitrogens is 1. The van der Waals surface area contributed by atoms with Gasteiger partial charge in [0.1, 0.15) is 17.7 Å². The van der Waals surface area contributed by atoms with Gasteiger partial charge in [0.2, 0.25) is 5.88 Å². The molecule has 34 heavy (non-hydrogen) atoms. The van der Waals surface area contributed by atoms with Crippen molar-refractivity contribution in [3.8, 4) is 22.8 Å². The molecule has 2 heterocycles. The van der Waals surface area contributed by atoms with Crippen molar-refractivity contribution in [2.75, 3.05) is 7.11 Å². The van der Waals surface area contributed by atoms with Crippen molar-refractivity contribution in [1.29, 1.82) is 0 Å². The molecule has 0 saturated heterocycles. The van der Waals surface area contributed by atoms with Gasteiger partial charge in [0.25, 0.3) is 0 Å². The van der Waals surface area contributed by atoms with E-state index in [9.17, 15) is 14.3 Å². The molecule has 1 saturated carbocycles.